The molecule has 2 aromatic rings. The lowest BCUT2D eigenvalue weighted by Gasteiger charge is -2.19. The average molecular weight is 721 g/mol. The highest BCUT2D eigenvalue weighted by Crippen LogP contribution is 2.23. The second-order valence-electron chi connectivity index (χ2n) is 12.2. The zero-order chi connectivity index (χ0) is 35.4. The first kappa shape index (κ1) is 39.0. The molecule has 0 fully saturated rings. The SMILES string of the molecule is CC(C)(C)OC(=O)CO.CC(C)(C)OC(=O)NOCCCN1C(=O)c2ccccc2C1=O.O=C1c2ccccc2C(=O)N1CCCBr. The average Bonchev–Trinajstić information content (AvgIpc) is 3.39. The molecule has 5 amide bonds. The predicted molar refractivity (Wildman–Crippen MR) is 175 cm³/mol. The van der Waals surface area contributed by atoms with Gasteiger partial charge in [0.15, 0.2) is 0 Å². The van der Waals surface area contributed by atoms with Gasteiger partial charge in [0.1, 0.15) is 17.8 Å². The van der Waals surface area contributed by atoms with Crippen LogP contribution in [0.2, 0.25) is 0 Å². The van der Waals surface area contributed by atoms with Gasteiger partial charge < -0.3 is 14.6 Å². The molecule has 2 aliphatic rings. The number of nitrogens with one attached hydrogen (secondary N) is 1. The number of benzene rings is 2. The molecule has 0 spiro atoms. The summed E-state index contributed by atoms with van der Waals surface area (Å²) in [7, 11) is 0. The summed E-state index contributed by atoms with van der Waals surface area (Å²) < 4.78 is 9.70. The van der Waals surface area contributed by atoms with E-state index in [9.17, 15) is 28.8 Å². The van der Waals surface area contributed by atoms with Crippen LogP contribution in [0.4, 0.5) is 4.79 Å². The summed E-state index contributed by atoms with van der Waals surface area (Å²) in [6, 6.07) is 13.7. The molecule has 0 radical (unpaired) electrons. The van der Waals surface area contributed by atoms with Crippen LogP contribution in [0, 0.1) is 0 Å². The number of imide groups is 2. The van der Waals surface area contributed by atoms with Crippen molar-refractivity contribution in [1.82, 2.24) is 15.3 Å². The number of halogens is 1. The molecule has 0 atom stereocenters. The van der Waals surface area contributed by atoms with Gasteiger partial charge in [0.2, 0.25) is 0 Å². The van der Waals surface area contributed by atoms with Gasteiger partial charge >= 0.3 is 12.1 Å². The van der Waals surface area contributed by atoms with Gasteiger partial charge in [0.25, 0.3) is 23.6 Å². The number of hydroxylamine groups is 1. The highest BCUT2D eigenvalue weighted by Gasteiger charge is 2.35. The molecule has 0 unspecified atom stereocenters. The topological polar surface area (TPSA) is 169 Å². The maximum Gasteiger partial charge on any atom is 0.431 e. The summed E-state index contributed by atoms with van der Waals surface area (Å²) in [5, 5.41) is 9.02. The van der Waals surface area contributed by atoms with E-state index in [1.165, 1.54) is 9.80 Å². The first-order chi connectivity index (χ1) is 22.0. The monoisotopic (exact) mass is 719 g/mol. The normalized spacial score (nSPS) is 13.6. The number of aliphatic hydroxyl groups excluding tert-OH is 1. The number of hydrogen-bond acceptors (Lipinski definition) is 10. The molecular weight excluding hydrogens is 678 g/mol. The third-order valence-electron chi connectivity index (χ3n) is 6.00. The maximum atomic E-state index is 12.1. The number of amides is 5. The van der Waals surface area contributed by atoms with Crippen molar-refractivity contribution in [2.24, 2.45) is 0 Å². The third-order valence-corrected chi connectivity index (χ3v) is 6.56. The number of nitrogens with zero attached hydrogens (tertiary/aromatic N) is 2. The molecule has 2 N–H and O–H groups in total. The van der Waals surface area contributed by atoms with Gasteiger partial charge in [-0.15, -0.1) is 0 Å². The van der Waals surface area contributed by atoms with Gasteiger partial charge in [0, 0.05) is 18.4 Å². The molecular formula is C33H42BrN3O10. The van der Waals surface area contributed by atoms with Gasteiger partial charge in [-0.3, -0.25) is 33.8 Å². The van der Waals surface area contributed by atoms with Gasteiger partial charge in [-0.25, -0.2) is 9.59 Å². The minimum Gasteiger partial charge on any atom is -0.458 e. The van der Waals surface area contributed by atoms with E-state index in [1.54, 1.807) is 90.1 Å². The van der Waals surface area contributed by atoms with E-state index in [0.29, 0.717) is 35.2 Å². The lowest BCUT2D eigenvalue weighted by Crippen LogP contribution is -2.34. The van der Waals surface area contributed by atoms with E-state index in [0.717, 1.165) is 11.8 Å². The van der Waals surface area contributed by atoms with E-state index in [2.05, 4.69) is 21.4 Å². The van der Waals surface area contributed by atoms with E-state index >= 15 is 0 Å². The molecule has 256 valence electrons. The number of carbonyl (C=O) groups is 6. The smallest absolute Gasteiger partial charge is 0.431 e. The Morgan fingerprint density at radius 2 is 1.09 bits per heavy atom. The van der Waals surface area contributed by atoms with Crippen LogP contribution < -0.4 is 5.48 Å². The fourth-order valence-corrected chi connectivity index (χ4v) is 4.43. The fraction of sp³-hybridized carbons (Fsp3) is 0.455. The van der Waals surface area contributed by atoms with Gasteiger partial charge in [-0.1, -0.05) is 40.2 Å². The Morgan fingerprint density at radius 1 is 0.702 bits per heavy atom. The minimum absolute atomic E-state index is 0.159. The molecule has 47 heavy (non-hydrogen) atoms. The van der Waals surface area contributed by atoms with Crippen LogP contribution >= 0.6 is 15.9 Å². The molecule has 0 bridgehead atoms. The van der Waals surface area contributed by atoms with Crippen molar-refractivity contribution in [2.75, 3.05) is 31.6 Å². The number of rotatable bonds is 9. The highest BCUT2D eigenvalue weighted by atomic mass is 79.9. The summed E-state index contributed by atoms with van der Waals surface area (Å²) in [4.78, 5) is 77.0. The summed E-state index contributed by atoms with van der Waals surface area (Å²) in [5.41, 5.74) is 2.96. The Bertz CT molecular complexity index is 1380. The summed E-state index contributed by atoms with van der Waals surface area (Å²) in [6.07, 6.45) is 0.505. The van der Waals surface area contributed by atoms with Crippen LogP contribution in [0.5, 0.6) is 0 Å². The number of hydrogen-bond donors (Lipinski definition) is 2. The van der Waals surface area contributed by atoms with E-state index in [-0.39, 0.29) is 36.8 Å². The first-order valence-corrected chi connectivity index (χ1v) is 16.0. The standard InChI is InChI=1S/C16H20N2O5.C11H10BrNO2.C6H12O3/c1-16(2,3)23-15(21)17-22-10-6-9-18-13(19)11-7-4-5-8-12(11)14(18)20;12-6-3-7-13-10(14)8-4-1-2-5-9(8)11(13)15;1-6(2,3)9-5(8)4-7/h4-5,7-8H,6,9-10H2,1-3H3,(H,17,21);1-2,4-5H,3,6-7H2;7H,4H2,1-3H3. The van der Waals surface area contributed by atoms with Crippen LogP contribution in [-0.2, 0) is 19.1 Å². The number of esters is 1. The van der Waals surface area contributed by atoms with Crippen molar-refractivity contribution < 1.29 is 48.2 Å². The van der Waals surface area contributed by atoms with Crippen LogP contribution in [0.1, 0.15) is 95.8 Å². The Hall–Kier alpha value is -4.14. The molecule has 2 aromatic carbocycles. The van der Waals surface area contributed by atoms with Crippen molar-refractivity contribution in [3.05, 3.63) is 70.8 Å². The molecule has 0 aromatic heterocycles. The second-order valence-corrected chi connectivity index (χ2v) is 13.0. The zero-order valence-corrected chi connectivity index (χ0v) is 29.0. The number of alkyl halides is 1. The highest BCUT2D eigenvalue weighted by molar-refractivity contribution is 9.09. The minimum atomic E-state index is -0.682. The molecule has 0 saturated heterocycles. The molecule has 4 rings (SSSR count). The van der Waals surface area contributed by atoms with Crippen molar-refractivity contribution in [3.8, 4) is 0 Å². The van der Waals surface area contributed by atoms with Crippen molar-refractivity contribution in [2.45, 2.75) is 65.6 Å². The van der Waals surface area contributed by atoms with E-state index in [4.69, 9.17) is 19.4 Å². The van der Waals surface area contributed by atoms with Gasteiger partial charge in [0.05, 0.1) is 28.9 Å². The van der Waals surface area contributed by atoms with E-state index < -0.39 is 29.9 Å². The lowest BCUT2D eigenvalue weighted by atomic mass is 10.1. The molecule has 0 aliphatic carbocycles. The van der Waals surface area contributed by atoms with Crippen molar-refractivity contribution in [3.63, 3.8) is 0 Å². The summed E-state index contributed by atoms with van der Waals surface area (Å²) in [5.74, 6) is -1.52. The zero-order valence-electron chi connectivity index (χ0n) is 27.5. The number of fused-ring (bicyclic) bond motifs is 2. The number of carbonyl (C=O) groups excluding carboxylic acids is 6. The van der Waals surface area contributed by atoms with Gasteiger partial charge in [-0.2, -0.15) is 5.48 Å². The molecule has 13 nitrogen and oxygen atoms in total. The van der Waals surface area contributed by atoms with Crippen LogP contribution in [0.15, 0.2) is 48.5 Å². The van der Waals surface area contributed by atoms with Gasteiger partial charge in [-0.05, 0) is 78.6 Å². The third kappa shape index (κ3) is 12.2. The Kier molecular flexibility index (Phi) is 14.7. The maximum absolute atomic E-state index is 12.1. The molecule has 2 aliphatic heterocycles. The van der Waals surface area contributed by atoms with E-state index in [1.807, 2.05) is 0 Å². The molecule has 0 saturated carbocycles. The van der Waals surface area contributed by atoms with Crippen molar-refractivity contribution >= 4 is 51.6 Å². The Morgan fingerprint density at radius 3 is 1.40 bits per heavy atom. The lowest BCUT2D eigenvalue weighted by molar-refractivity contribution is -0.158. The number of ether oxygens (including phenoxy) is 2. The quantitative estimate of drug-likeness (QED) is 0.124. The molecule has 2 heterocycles. The predicted octanol–water partition coefficient (Wildman–Crippen LogP) is 4.52. The Labute approximate surface area is 282 Å². The molecule has 14 heteroatoms. The Balaban J connectivity index is 0.000000274. The van der Waals surface area contributed by atoms with Crippen LogP contribution in [-0.4, -0.2) is 93.4 Å². The van der Waals surface area contributed by atoms with Crippen molar-refractivity contribution in [1.29, 1.82) is 0 Å². The number of aliphatic hydroxyl groups is 1. The second kappa shape index (κ2) is 17.7. The first-order valence-electron chi connectivity index (χ1n) is 14.9. The largest absolute Gasteiger partial charge is 0.458 e. The van der Waals surface area contributed by atoms with Crippen LogP contribution in [0.25, 0.3) is 0 Å². The summed E-state index contributed by atoms with van der Waals surface area (Å²) in [6.45, 7) is 10.8. The summed E-state index contributed by atoms with van der Waals surface area (Å²) >= 11 is 3.28. The van der Waals surface area contributed by atoms with Crippen LogP contribution in [0.3, 0.4) is 0 Å². The fourth-order valence-electron chi connectivity index (χ4n) is 4.18.